The fourth-order valence-corrected chi connectivity index (χ4v) is 2.13. The lowest BCUT2D eigenvalue weighted by molar-refractivity contribution is -0.148. The Balaban J connectivity index is 1.52. The smallest absolute Gasteiger partial charge is 0.332 e. The average Bonchev–Trinajstić information content (AvgIpc) is 2.85. The van der Waals surface area contributed by atoms with Crippen LogP contribution >= 0.6 is 0 Å². The van der Waals surface area contributed by atoms with Crippen molar-refractivity contribution in [3.05, 3.63) is 29.8 Å². The van der Waals surface area contributed by atoms with Crippen LogP contribution < -0.4 is 10.1 Å². The molecule has 0 amide bonds. The number of nitrogens with one attached hydrogen (secondary N) is 1. The summed E-state index contributed by atoms with van der Waals surface area (Å²) in [5.74, 6) is 0.667. The third-order valence-electron chi connectivity index (χ3n) is 3.03. The summed E-state index contributed by atoms with van der Waals surface area (Å²) in [6, 6.07) is 8.11. The molecular formula is C15H21NO4. The van der Waals surface area contributed by atoms with Gasteiger partial charge in [0.15, 0.2) is 0 Å². The fourth-order valence-electron chi connectivity index (χ4n) is 2.13. The highest BCUT2D eigenvalue weighted by atomic mass is 16.6. The van der Waals surface area contributed by atoms with Crippen molar-refractivity contribution in [3.63, 3.8) is 0 Å². The molecule has 1 heterocycles. The molecule has 1 unspecified atom stereocenters. The minimum Gasteiger partial charge on any atom is -0.488 e. The van der Waals surface area contributed by atoms with Crippen molar-refractivity contribution in [2.24, 2.45) is 0 Å². The van der Waals surface area contributed by atoms with Gasteiger partial charge in [-0.2, -0.15) is 0 Å². The molecule has 0 aromatic heterocycles. The SMILES string of the molecule is CCOC(=O)COCCNCC1Cc2ccccc2O1. The Morgan fingerprint density at radius 3 is 3.10 bits per heavy atom. The maximum absolute atomic E-state index is 11.0. The summed E-state index contributed by atoms with van der Waals surface area (Å²) >= 11 is 0. The number of ether oxygens (including phenoxy) is 3. The summed E-state index contributed by atoms with van der Waals surface area (Å²) in [6.07, 6.45) is 1.12. The Morgan fingerprint density at radius 2 is 2.30 bits per heavy atom. The van der Waals surface area contributed by atoms with Gasteiger partial charge in [-0.15, -0.1) is 0 Å². The second kappa shape index (κ2) is 7.87. The molecule has 1 aliphatic rings. The van der Waals surface area contributed by atoms with Crippen LogP contribution in [0, 0.1) is 0 Å². The van der Waals surface area contributed by atoms with Gasteiger partial charge in [-0.25, -0.2) is 4.79 Å². The summed E-state index contributed by atoms with van der Waals surface area (Å²) < 4.78 is 15.8. The minimum atomic E-state index is -0.318. The second-order valence-corrected chi connectivity index (χ2v) is 4.61. The molecule has 5 heteroatoms. The highest BCUT2D eigenvalue weighted by Crippen LogP contribution is 2.27. The molecular weight excluding hydrogens is 258 g/mol. The zero-order valence-corrected chi connectivity index (χ0v) is 11.8. The van der Waals surface area contributed by atoms with Crippen LogP contribution in [0.3, 0.4) is 0 Å². The number of rotatable bonds is 8. The number of esters is 1. The van der Waals surface area contributed by atoms with E-state index in [0.717, 1.165) is 18.7 Å². The molecule has 0 fully saturated rings. The largest absolute Gasteiger partial charge is 0.488 e. The van der Waals surface area contributed by atoms with Gasteiger partial charge < -0.3 is 19.5 Å². The van der Waals surface area contributed by atoms with Crippen LogP contribution in [-0.4, -0.2) is 45.0 Å². The summed E-state index contributed by atoms with van der Waals surface area (Å²) in [7, 11) is 0. The normalized spacial score (nSPS) is 16.6. The molecule has 0 bridgehead atoms. The van der Waals surface area contributed by atoms with E-state index in [-0.39, 0.29) is 18.7 Å². The van der Waals surface area contributed by atoms with Crippen molar-refractivity contribution in [1.82, 2.24) is 5.32 Å². The molecule has 0 saturated carbocycles. The fraction of sp³-hybridized carbons (Fsp3) is 0.533. The monoisotopic (exact) mass is 279 g/mol. The Labute approximate surface area is 119 Å². The van der Waals surface area contributed by atoms with E-state index in [9.17, 15) is 4.79 Å². The lowest BCUT2D eigenvalue weighted by atomic mass is 10.1. The van der Waals surface area contributed by atoms with Crippen molar-refractivity contribution < 1.29 is 19.0 Å². The molecule has 1 aromatic carbocycles. The molecule has 20 heavy (non-hydrogen) atoms. The van der Waals surface area contributed by atoms with Crippen molar-refractivity contribution >= 4 is 5.97 Å². The number of hydrogen-bond acceptors (Lipinski definition) is 5. The summed E-state index contributed by atoms with van der Waals surface area (Å²) in [4.78, 5) is 11.0. The van der Waals surface area contributed by atoms with Gasteiger partial charge in [0, 0.05) is 19.5 Å². The number of carbonyl (C=O) groups excluding carboxylic acids is 1. The molecule has 2 rings (SSSR count). The Hall–Kier alpha value is -1.59. The molecule has 0 spiro atoms. The second-order valence-electron chi connectivity index (χ2n) is 4.61. The van der Waals surface area contributed by atoms with E-state index in [1.54, 1.807) is 6.92 Å². The predicted octanol–water partition coefficient (Wildman–Crippen LogP) is 1.16. The van der Waals surface area contributed by atoms with Crippen LogP contribution in [0.5, 0.6) is 5.75 Å². The number of fused-ring (bicyclic) bond motifs is 1. The Bertz CT molecular complexity index is 411. The lowest BCUT2D eigenvalue weighted by Crippen LogP contribution is -2.32. The Kier molecular flexibility index (Phi) is 5.83. The van der Waals surface area contributed by atoms with E-state index < -0.39 is 0 Å². The van der Waals surface area contributed by atoms with Crippen molar-refractivity contribution in [1.29, 1.82) is 0 Å². The van der Waals surface area contributed by atoms with Gasteiger partial charge in [-0.1, -0.05) is 18.2 Å². The van der Waals surface area contributed by atoms with Crippen molar-refractivity contribution in [2.45, 2.75) is 19.4 Å². The maximum Gasteiger partial charge on any atom is 0.332 e. The van der Waals surface area contributed by atoms with Gasteiger partial charge in [0.1, 0.15) is 18.5 Å². The number of hydrogen-bond donors (Lipinski definition) is 1. The van der Waals surface area contributed by atoms with Crippen LogP contribution in [-0.2, 0) is 20.7 Å². The van der Waals surface area contributed by atoms with Crippen LogP contribution in [0.4, 0.5) is 0 Å². The van der Waals surface area contributed by atoms with Gasteiger partial charge in [-0.3, -0.25) is 0 Å². The first-order valence-corrected chi connectivity index (χ1v) is 6.98. The lowest BCUT2D eigenvalue weighted by Gasteiger charge is -2.11. The van der Waals surface area contributed by atoms with Crippen LogP contribution in [0.25, 0.3) is 0 Å². The van der Waals surface area contributed by atoms with E-state index >= 15 is 0 Å². The number of benzene rings is 1. The molecule has 0 saturated heterocycles. The summed E-state index contributed by atoms with van der Waals surface area (Å²) in [5.41, 5.74) is 1.26. The minimum absolute atomic E-state index is 0.0148. The molecule has 0 radical (unpaired) electrons. The van der Waals surface area contributed by atoms with Crippen molar-refractivity contribution in [2.75, 3.05) is 32.9 Å². The molecule has 5 nitrogen and oxygen atoms in total. The van der Waals surface area contributed by atoms with Crippen LogP contribution in [0.15, 0.2) is 24.3 Å². The highest BCUT2D eigenvalue weighted by molar-refractivity contribution is 5.70. The number of para-hydroxylation sites is 1. The van der Waals surface area contributed by atoms with Gasteiger partial charge in [0.2, 0.25) is 0 Å². The molecule has 1 atom stereocenters. The van der Waals surface area contributed by atoms with E-state index in [2.05, 4.69) is 11.4 Å². The van der Waals surface area contributed by atoms with Crippen LogP contribution in [0.1, 0.15) is 12.5 Å². The van der Waals surface area contributed by atoms with Crippen LogP contribution in [0.2, 0.25) is 0 Å². The van der Waals surface area contributed by atoms with E-state index in [1.807, 2.05) is 18.2 Å². The molecule has 1 aromatic rings. The third-order valence-corrected chi connectivity index (χ3v) is 3.03. The third kappa shape index (κ3) is 4.51. The molecule has 0 aliphatic carbocycles. The summed E-state index contributed by atoms with van der Waals surface area (Å²) in [5, 5.41) is 3.27. The maximum atomic E-state index is 11.0. The number of carbonyl (C=O) groups is 1. The quantitative estimate of drug-likeness (QED) is 0.571. The molecule has 1 aliphatic heterocycles. The predicted molar refractivity (Wildman–Crippen MR) is 74.9 cm³/mol. The zero-order valence-electron chi connectivity index (χ0n) is 11.8. The summed E-state index contributed by atoms with van der Waals surface area (Å²) in [6.45, 7) is 4.13. The average molecular weight is 279 g/mol. The first kappa shape index (κ1) is 14.8. The molecule has 110 valence electrons. The highest BCUT2D eigenvalue weighted by Gasteiger charge is 2.21. The van der Waals surface area contributed by atoms with Gasteiger partial charge >= 0.3 is 5.97 Å². The van der Waals surface area contributed by atoms with Gasteiger partial charge in [-0.05, 0) is 18.6 Å². The first-order valence-electron chi connectivity index (χ1n) is 6.98. The van der Waals surface area contributed by atoms with Crippen molar-refractivity contribution in [3.8, 4) is 5.75 Å². The standard InChI is InChI=1S/C15H21NO4/c1-2-19-15(17)11-18-8-7-16-10-13-9-12-5-3-4-6-14(12)20-13/h3-6,13,16H,2,7-11H2,1H3. The Morgan fingerprint density at radius 1 is 1.45 bits per heavy atom. The van der Waals surface area contributed by atoms with E-state index in [4.69, 9.17) is 14.2 Å². The zero-order chi connectivity index (χ0) is 14.2. The van der Waals surface area contributed by atoms with E-state index in [1.165, 1.54) is 5.56 Å². The van der Waals surface area contributed by atoms with Gasteiger partial charge in [0.05, 0.1) is 13.2 Å². The first-order chi connectivity index (χ1) is 9.79. The van der Waals surface area contributed by atoms with E-state index in [0.29, 0.717) is 19.8 Å². The molecule has 1 N–H and O–H groups in total. The topological polar surface area (TPSA) is 56.8 Å². The van der Waals surface area contributed by atoms with Gasteiger partial charge in [0.25, 0.3) is 0 Å².